The smallest absolute Gasteiger partial charge is 0.257 e. The van der Waals surface area contributed by atoms with E-state index in [1.807, 2.05) is 24.1 Å². The first-order chi connectivity index (χ1) is 9.28. The van der Waals surface area contributed by atoms with E-state index < -0.39 is 0 Å². The number of aromatic nitrogens is 2. The highest BCUT2D eigenvalue weighted by molar-refractivity contribution is 5.93. The molecule has 1 aliphatic rings. The molecule has 2 heterocycles. The van der Waals surface area contributed by atoms with Crippen molar-refractivity contribution < 1.29 is 4.79 Å². The zero-order valence-electron chi connectivity index (χ0n) is 11.0. The number of carbonyl (C=O) groups is 1. The Morgan fingerprint density at radius 1 is 1.32 bits per heavy atom. The van der Waals surface area contributed by atoms with E-state index in [0.717, 1.165) is 19.5 Å². The molecule has 0 atom stereocenters. The molecule has 0 saturated carbocycles. The minimum atomic E-state index is 0.0780. The van der Waals surface area contributed by atoms with E-state index in [1.165, 1.54) is 11.1 Å². The second kappa shape index (κ2) is 4.88. The largest absolute Gasteiger partial charge is 0.334 e. The summed E-state index contributed by atoms with van der Waals surface area (Å²) in [6.45, 7) is 4.29. The Hall–Kier alpha value is -2.10. The van der Waals surface area contributed by atoms with Gasteiger partial charge in [0.15, 0.2) is 0 Å². The van der Waals surface area contributed by atoms with Gasteiger partial charge in [-0.3, -0.25) is 9.48 Å². The van der Waals surface area contributed by atoms with Crippen molar-refractivity contribution in [1.29, 1.82) is 0 Å². The molecule has 98 valence electrons. The molecule has 0 N–H and O–H groups in total. The van der Waals surface area contributed by atoms with E-state index in [-0.39, 0.29) is 5.91 Å². The Balaban J connectivity index is 1.79. The van der Waals surface area contributed by atoms with Gasteiger partial charge in [0.25, 0.3) is 5.91 Å². The van der Waals surface area contributed by atoms with Crippen LogP contribution in [0.4, 0.5) is 0 Å². The van der Waals surface area contributed by atoms with Gasteiger partial charge in [0.1, 0.15) is 0 Å². The molecule has 0 spiro atoms. The maximum atomic E-state index is 12.4. The number of rotatable bonds is 2. The predicted octanol–water partition coefficient (Wildman–Crippen LogP) is 2.10. The van der Waals surface area contributed by atoms with Crippen LogP contribution in [0.5, 0.6) is 0 Å². The first kappa shape index (κ1) is 12.0. The molecule has 0 fully saturated rings. The first-order valence-corrected chi connectivity index (χ1v) is 6.66. The third-order valence-corrected chi connectivity index (χ3v) is 3.62. The lowest BCUT2D eigenvalue weighted by Crippen LogP contribution is -2.35. The van der Waals surface area contributed by atoms with E-state index in [0.29, 0.717) is 12.1 Å². The lowest BCUT2D eigenvalue weighted by molar-refractivity contribution is 0.0734. The minimum Gasteiger partial charge on any atom is -0.334 e. The minimum absolute atomic E-state index is 0.0780. The average Bonchev–Trinajstić information content (AvgIpc) is 2.95. The summed E-state index contributed by atoms with van der Waals surface area (Å²) in [7, 11) is 0. The summed E-state index contributed by atoms with van der Waals surface area (Å²) in [5.41, 5.74) is 3.29. The van der Waals surface area contributed by atoms with Crippen molar-refractivity contribution in [3.63, 3.8) is 0 Å². The number of nitrogens with zero attached hydrogens (tertiary/aromatic N) is 3. The van der Waals surface area contributed by atoms with Crippen molar-refractivity contribution >= 4 is 5.91 Å². The summed E-state index contributed by atoms with van der Waals surface area (Å²) >= 11 is 0. The van der Waals surface area contributed by atoms with E-state index in [2.05, 4.69) is 23.3 Å². The summed E-state index contributed by atoms with van der Waals surface area (Å²) in [5.74, 6) is 0.0780. The Kier molecular flexibility index (Phi) is 3.07. The topological polar surface area (TPSA) is 38.1 Å². The molecule has 4 nitrogen and oxygen atoms in total. The highest BCUT2D eigenvalue weighted by Crippen LogP contribution is 2.20. The van der Waals surface area contributed by atoms with Crippen molar-refractivity contribution in [3.8, 4) is 0 Å². The van der Waals surface area contributed by atoms with E-state index >= 15 is 0 Å². The Bertz CT molecular complexity index is 603. The van der Waals surface area contributed by atoms with Crippen LogP contribution in [0.3, 0.4) is 0 Å². The molecule has 0 bridgehead atoms. The van der Waals surface area contributed by atoms with Crippen LogP contribution in [-0.2, 0) is 19.5 Å². The third-order valence-electron chi connectivity index (χ3n) is 3.62. The molecular formula is C15H17N3O. The van der Waals surface area contributed by atoms with Crippen molar-refractivity contribution in [3.05, 3.63) is 53.3 Å². The number of fused-ring (bicyclic) bond motifs is 1. The molecular weight excluding hydrogens is 238 g/mol. The SMILES string of the molecule is CCn1cc(C(=O)N2CCc3ccccc3C2)cn1. The van der Waals surface area contributed by atoms with Gasteiger partial charge >= 0.3 is 0 Å². The molecule has 19 heavy (non-hydrogen) atoms. The fourth-order valence-corrected chi connectivity index (χ4v) is 2.50. The van der Waals surface area contributed by atoms with Crippen LogP contribution in [-0.4, -0.2) is 27.1 Å². The van der Waals surface area contributed by atoms with Gasteiger partial charge in [0, 0.05) is 25.8 Å². The highest BCUT2D eigenvalue weighted by atomic mass is 16.2. The molecule has 0 saturated heterocycles. The van der Waals surface area contributed by atoms with Crippen LogP contribution in [0.2, 0.25) is 0 Å². The number of carbonyl (C=O) groups excluding carboxylic acids is 1. The fourth-order valence-electron chi connectivity index (χ4n) is 2.50. The third kappa shape index (κ3) is 2.26. The number of benzene rings is 1. The molecule has 3 rings (SSSR count). The van der Waals surface area contributed by atoms with Crippen LogP contribution < -0.4 is 0 Å². The average molecular weight is 255 g/mol. The zero-order valence-corrected chi connectivity index (χ0v) is 11.0. The maximum Gasteiger partial charge on any atom is 0.257 e. The molecule has 2 aromatic rings. The normalized spacial score (nSPS) is 14.3. The summed E-state index contributed by atoms with van der Waals surface area (Å²) < 4.78 is 1.78. The zero-order chi connectivity index (χ0) is 13.2. The predicted molar refractivity (Wildman–Crippen MR) is 72.8 cm³/mol. The molecule has 1 amide bonds. The molecule has 1 aromatic carbocycles. The van der Waals surface area contributed by atoms with Crippen molar-refractivity contribution in [1.82, 2.24) is 14.7 Å². The van der Waals surface area contributed by atoms with Crippen LogP contribution in [0.1, 0.15) is 28.4 Å². The number of hydrogen-bond donors (Lipinski definition) is 0. The molecule has 0 unspecified atom stereocenters. The van der Waals surface area contributed by atoms with E-state index in [4.69, 9.17) is 0 Å². The highest BCUT2D eigenvalue weighted by Gasteiger charge is 2.22. The van der Waals surface area contributed by atoms with E-state index in [1.54, 1.807) is 10.9 Å². The lowest BCUT2D eigenvalue weighted by Gasteiger charge is -2.28. The second-order valence-corrected chi connectivity index (χ2v) is 4.83. The van der Waals surface area contributed by atoms with Crippen LogP contribution in [0, 0.1) is 0 Å². The van der Waals surface area contributed by atoms with Crippen molar-refractivity contribution in [2.75, 3.05) is 6.54 Å². The second-order valence-electron chi connectivity index (χ2n) is 4.83. The van der Waals surface area contributed by atoms with Gasteiger partial charge in [-0.15, -0.1) is 0 Å². The van der Waals surface area contributed by atoms with Crippen LogP contribution in [0.25, 0.3) is 0 Å². The van der Waals surface area contributed by atoms with Gasteiger partial charge in [-0.05, 0) is 24.5 Å². The Morgan fingerprint density at radius 3 is 2.84 bits per heavy atom. The molecule has 4 heteroatoms. The molecule has 1 aliphatic heterocycles. The molecule has 1 aromatic heterocycles. The first-order valence-electron chi connectivity index (χ1n) is 6.66. The van der Waals surface area contributed by atoms with Gasteiger partial charge in [-0.2, -0.15) is 5.10 Å². The number of aryl methyl sites for hydroxylation is 1. The number of amides is 1. The summed E-state index contributed by atoms with van der Waals surface area (Å²) in [6, 6.07) is 8.33. The quantitative estimate of drug-likeness (QED) is 0.824. The summed E-state index contributed by atoms with van der Waals surface area (Å²) in [4.78, 5) is 14.3. The van der Waals surface area contributed by atoms with Crippen LogP contribution in [0.15, 0.2) is 36.7 Å². The number of hydrogen-bond acceptors (Lipinski definition) is 2. The monoisotopic (exact) mass is 255 g/mol. The van der Waals surface area contributed by atoms with Crippen LogP contribution >= 0.6 is 0 Å². The van der Waals surface area contributed by atoms with E-state index in [9.17, 15) is 4.79 Å². The van der Waals surface area contributed by atoms with Crippen molar-refractivity contribution in [2.45, 2.75) is 26.4 Å². The standard InChI is InChI=1S/C15H17N3O/c1-2-18-11-14(9-16-18)15(19)17-8-7-12-5-3-4-6-13(12)10-17/h3-6,9,11H,2,7-8,10H2,1H3. The van der Waals surface area contributed by atoms with Gasteiger partial charge in [0.05, 0.1) is 11.8 Å². The fraction of sp³-hybridized carbons (Fsp3) is 0.333. The molecule has 0 radical (unpaired) electrons. The summed E-state index contributed by atoms with van der Waals surface area (Å²) in [6.07, 6.45) is 4.42. The maximum absolute atomic E-state index is 12.4. The molecule has 0 aliphatic carbocycles. The van der Waals surface area contributed by atoms with Gasteiger partial charge in [-0.25, -0.2) is 0 Å². The van der Waals surface area contributed by atoms with Gasteiger partial charge in [0.2, 0.25) is 0 Å². The lowest BCUT2D eigenvalue weighted by atomic mass is 9.99. The Morgan fingerprint density at radius 2 is 2.11 bits per heavy atom. The van der Waals surface area contributed by atoms with Crippen molar-refractivity contribution in [2.24, 2.45) is 0 Å². The van der Waals surface area contributed by atoms with Gasteiger partial charge in [-0.1, -0.05) is 24.3 Å². The van der Waals surface area contributed by atoms with Gasteiger partial charge < -0.3 is 4.90 Å². The summed E-state index contributed by atoms with van der Waals surface area (Å²) in [5, 5.41) is 4.16. The Labute approximate surface area is 112 Å².